The predicted molar refractivity (Wildman–Crippen MR) is 52.4 cm³/mol. The molecule has 74 valence electrons. The van der Waals surface area contributed by atoms with Gasteiger partial charge in [0.1, 0.15) is 0 Å². The Bertz CT molecular complexity index is 414. The van der Waals surface area contributed by atoms with Crippen LogP contribution < -0.4 is 5.73 Å². The Morgan fingerprint density at radius 3 is 2.93 bits per heavy atom. The fraction of sp³-hybridized carbons (Fsp3) is 0.333. The van der Waals surface area contributed by atoms with E-state index in [1.54, 1.807) is 17.2 Å². The van der Waals surface area contributed by atoms with Crippen molar-refractivity contribution in [2.45, 2.75) is 13.1 Å². The summed E-state index contributed by atoms with van der Waals surface area (Å²) in [6.45, 7) is 1.29. The molecular formula is C9H13N5. The van der Waals surface area contributed by atoms with Gasteiger partial charge in [-0.3, -0.25) is 4.68 Å². The zero-order chi connectivity index (χ0) is 9.97. The van der Waals surface area contributed by atoms with Gasteiger partial charge in [-0.25, -0.2) is 4.98 Å². The zero-order valence-corrected chi connectivity index (χ0v) is 8.09. The highest BCUT2D eigenvalue weighted by atomic mass is 15.2. The highest BCUT2D eigenvalue weighted by Crippen LogP contribution is 2.04. The smallest absolute Gasteiger partial charge is 0.0951 e. The van der Waals surface area contributed by atoms with E-state index < -0.39 is 0 Å². The van der Waals surface area contributed by atoms with Crippen molar-refractivity contribution < 1.29 is 0 Å². The number of imidazole rings is 1. The molecule has 0 saturated carbocycles. The normalized spacial score (nSPS) is 10.7. The Balaban J connectivity index is 2.18. The highest BCUT2D eigenvalue weighted by Gasteiger charge is 2.01. The summed E-state index contributed by atoms with van der Waals surface area (Å²) >= 11 is 0. The van der Waals surface area contributed by atoms with E-state index in [1.807, 2.05) is 24.0 Å². The van der Waals surface area contributed by atoms with Crippen LogP contribution in [0.15, 0.2) is 24.9 Å². The van der Waals surface area contributed by atoms with Gasteiger partial charge < -0.3 is 10.3 Å². The minimum atomic E-state index is 0.514. The molecule has 0 aromatic carbocycles. The lowest BCUT2D eigenvalue weighted by Crippen LogP contribution is -2.06. The molecule has 0 radical (unpaired) electrons. The molecule has 2 N–H and O–H groups in total. The van der Waals surface area contributed by atoms with Crippen LogP contribution >= 0.6 is 0 Å². The lowest BCUT2D eigenvalue weighted by atomic mass is 10.3. The Labute approximate surface area is 82.2 Å². The molecule has 0 aliphatic carbocycles. The molecule has 0 atom stereocenters. The summed E-state index contributed by atoms with van der Waals surface area (Å²) in [6, 6.07) is 0. The Kier molecular flexibility index (Phi) is 2.32. The minimum absolute atomic E-state index is 0.514. The third kappa shape index (κ3) is 1.67. The average molecular weight is 191 g/mol. The van der Waals surface area contributed by atoms with Crippen molar-refractivity contribution in [1.82, 2.24) is 19.3 Å². The van der Waals surface area contributed by atoms with Crippen LogP contribution in [0.25, 0.3) is 0 Å². The van der Waals surface area contributed by atoms with E-state index in [9.17, 15) is 0 Å². The van der Waals surface area contributed by atoms with Gasteiger partial charge in [0.15, 0.2) is 0 Å². The van der Waals surface area contributed by atoms with E-state index in [-0.39, 0.29) is 0 Å². The summed E-state index contributed by atoms with van der Waals surface area (Å²) in [4.78, 5) is 4.05. The maximum Gasteiger partial charge on any atom is 0.0951 e. The highest BCUT2D eigenvalue weighted by molar-refractivity contribution is 5.07. The second-order valence-corrected chi connectivity index (χ2v) is 3.24. The standard InChI is InChI=1S/C9H13N5/c1-13-5-8(3-12-13)6-14-7-11-4-9(14)2-10/h3-5,7H,2,6,10H2,1H3. The third-order valence-corrected chi connectivity index (χ3v) is 2.12. The number of nitrogens with two attached hydrogens (primary N) is 1. The van der Waals surface area contributed by atoms with E-state index in [2.05, 4.69) is 10.1 Å². The van der Waals surface area contributed by atoms with Gasteiger partial charge in [-0.15, -0.1) is 0 Å². The van der Waals surface area contributed by atoms with Gasteiger partial charge in [-0.2, -0.15) is 5.10 Å². The molecule has 0 unspecified atom stereocenters. The molecule has 0 fully saturated rings. The van der Waals surface area contributed by atoms with Gasteiger partial charge in [0.25, 0.3) is 0 Å². The summed E-state index contributed by atoms with van der Waals surface area (Å²) in [5, 5.41) is 4.10. The van der Waals surface area contributed by atoms with E-state index in [4.69, 9.17) is 5.73 Å². The SMILES string of the molecule is Cn1cc(Cn2cncc2CN)cn1. The Morgan fingerprint density at radius 2 is 2.29 bits per heavy atom. The van der Waals surface area contributed by atoms with Crippen LogP contribution in [0.2, 0.25) is 0 Å². The van der Waals surface area contributed by atoms with Crippen LogP contribution in [-0.2, 0) is 20.1 Å². The molecular weight excluding hydrogens is 178 g/mol. The number of nitrogens with zero attached hydrogens (tertiary/aromatic N) is 4. The minimum Gasteiger partial charge on any atom is -0.329 e. The maximum atomic E-state index is 5.57. The lowest BCUT2D eigenvalue weighted by molar-refractivity contribution is 0.735. The first-order chi connectivity index (χ1) is 6.79. The number of rotatable bonds is 3. The number of hydrogen-bond acceptors (Lipinski definition) is 3. The first-order valence-corrected chi connectivity index (χ1v) is 4.46. The fourth-order valence-electron chi connectivity index (χ4n) is 1.41. The largest absolute Gasteiger partial charge is 0.329 e. The third-order valence-electron chi connectivity index (χ3n) is 2.12. The molecule has 2 aromatic heterocycles. The molecule has 2 rings (SSSR count). The summed E-state index contributed by atoms with van der Waals surface area (Å²) in [5.41, 5.74) is 7.76. The molecule has 0 amide bonds. The monoisotopic (exact) mass is 191 g/mol. The van der Waals surface area contributed by atoms with Crippen molar-refractivity contribution in [2.24, 2.45) is 12.8 Å². The van der Waals surface area contributed by atoms with Gasteiger partial charge in [0, 0.05) is 31.5 Å². The van der Waals surface area contributed by atoms with Crippen LogP contribution in [-0.4, -0.2) is 19.3 Å². The fourth-order valence-corrected chi connectivity index (χ4v) is 1.41. The molecule has 2 heterocycles. The van der Waals surface area contributed by atoms with Gasteiger partial charge in [0.05, 0.1) is 24.8 Å². The van der Waals surface area contributed by atoms with Crippen LogP contribution in [0.3, 0.4) is 0 Å². The van der Waals surface area contributed by atoms with Crippen LogP contribution in [0, 0.1) is 0 Å². The molecule has 14 heavy (non-hydrogen) atoms. The molecule has 5 heteroatoms. The van der Waals surface area contributed by atoms with Crippen molar-refractivity contribution in [3.8, 4) is 0 Å². The maximum absolute atomic E-state index is 5.57. The van der Waals surface area contributed by atoms with Crippen molar-refractivity contribution in [3.63, 3.8) is 0 Å². The van der Waals surface area contributed by atoms with E-state index in [1.165, 1.54) is 0 Å². The topological polar surface area (TPSA) is 61.7 Å². The van der Waals surface area contributed by atoms with E-state index in [0.29, 0.717) is 6.54 Å². The van der Waals surface area contributed by atoms with Gasteiger partial charge in [0.2, 0.25) is 0 Å². The van der Waals surface area contributed by atoms with Gasteiger partial charge >= 0.3 is 0 Å². The summed E-state index contributed by atoms with van der Waals surface area (Å²) in [5.74, 6) is 0. The second kappa shape index (κ2) is 3.63. The molecule has 0 aliphatic heterocycles. The first kappa shape index (κ1) is 8.96. The van der Waals surface area contributed by atoms with E-state index >= 15 is 0 Å². The first-order valence-electron chi connectivity index (χ1n) is 4.46. The number of hydrogen-bond donors (Lipinski definition) is 1. The zero-order valence-electron chi connectivity index (χ0n) is 8.09. The average Bonchev–Trinajstić information content (AvgIpc) is 2.76. The van der Waals surface area contributed by atoms with Crippen molar-refractivity contribution >= 4 is 0 Å². The van der Waals surface area contributed by atoms with Crippen molar-refractivity contribution in [3.05, 3.63) is 36.2 Å². The molecule has 0 aliphatic rings. The van der Waals surface area contributed by atoms with Crippen LogP contribution in [0.1, 0.15) is 11.3 Å². The van der Waals surface area contributed by atoms with Crippen molar-refractivity contribution in [1.29, 1.82) is 0 Å². The summed E-state index contributed by atoms with van der Waals surface area (Å²) < 4.78 is 3.81. The Morgan fingerprint density at radius 1 is 1.43 bits per heavy atom. The Hall–Kier alpha value is -1.62. The number of aromatic nitrogens is 4. The predicted octanol–water partition coefficient (Wildman–Crippen LogP) is 0.124. The second-order valence-electron chi connectivity index (χ2n) is 3.24. The lowest BCUT2D eigenvalue weighted by Gasteiger charge is -2.03. The van der Waals surface area contributed by atoms with Crippen LogP contribution in [0.4, 0.5) is 0 Å². The molecule has 0 bridgehead atoms. The van der Waals surface area contributed by atoms with Gasteiger partial charge in [-0.05, 0) is 0 Å². The van der Waals surface area contributed by atoms with E-state index in [0.717, 1.165) is 17.8 Å². The molecule has 5 nitrogen and oxygen atoms in total. The molecule has 2 aromatic rings. The summed E-state index contributed by atoms with van der Waals surface area (Å²) in [7, 11) is 1.90. The van der Waals surface area contributed by atoms with Gasteiger partial charge in [-0.1, -0.05) is 0 Å². The molecule has 0 saturated heterocycles. The quantitative estimate of drug-likeness (QED) is 0.749. The molecule has 0 spiro atoms. The van der Waals surface area contributed by atoms with Crippen molar-refractivity contribution in [2.75, 3.05) is 0 Å². The van der Waals surface area contributed by atoms with Crippen LogP contribution in [0.5, 0.6) is 0 Å². The summed E-state index contributed by atoms with van der Waals surface area (Å²) in [6.07, 6.45) is 7.41. The number of aryl methyl sites for hydroxylation is 1.